The lowest BCUT2D eigenvalue weighted by atomic mass is 10.1. The van der Waals surface area contributed by atoms with Crippen LogP contribution in [0.15, 0.2) is 47.4 Å². The van der Waals surface area contributed by atoms with E-state index in [1.807, 2.05) is 6.07 Å². The van der Waals surface area contributed by atoms with E-state index >= 15 is 0 Å². The fourth-order valence-electron chi connectivity index (χ4n) is 1.74. The van der Waals surface area contributed by atoms with E-state index in [4.69, 9.17) is 16.9 Å². The topological polar surface area (TPSA) is 57.9 Å². The third-order valence-corrected chi connectivity index (χ3v) is 4.59. The molecule has 0 fully saturated rings. The largest absolute Gasteiger partial charge is 0.223 e. The van der Waals surface area contributed by atoms with Crippen LogP contribution in [0.25, 0.3) is 0 Å². The van der Waals surface area contributed by atoms with Crippen molar-refractivity contribution in [1.29, 1.82) is 5.26 Å². The maximum atomic E-state index is 13.2. The highest BCUT2D eigenvalue weighted by Gasteiger charge is 2.18. The molecule has 0 bridgehead atoms. The lowest BCUT2D eigenvalue weighted by Gasteiger charge is -2.07. The Labute approximate surface area is 121 Å². The Morgan fingerprint density at radius 3 is 2.60 bits per heavy atom. The Balaban J connectivity index is 2.44. The number of nitriles is 1. The normalized spacial score (nSPS) is 11.1. The van der Waals surface area contributed by atoms with E-state index < -0.39 is 21.4 Å². The predicted molar refractivity (Wildman–Crippen MR) is 73.5 cm³/mol. The predicted octanol–water partition coefficient (Wildman–Crippen LogP) is 3.32. The van der Waals surface area contributed by atoms with Crippen LogP contribution in [0, 0.1) is 17.1 Å². The SMILES string of the molecule is N#Cc1ccc(F)cc1CS(=O)(=O)c1cccc(Cl)c1. The minimum atomic E-state index is -3.69. The summed E-state index contributed by atoms with van der Waals surface area (Å²) >= 11 is 5.76. The minimum absolute atomic E-state index is 0.0400. The molecule has 2 rings (SSSR count). The van der Waals surface area contributed by atoms with Gasteiger partial charge in [-0.1, -0.05) is 17.7 Å². The maximum Gasteiger partial charge on any atom is 0.182 e. The van der Waals surface area contributed by atoms with Gasteiger partial charge in [0.05, 0.1) is 22.3 Å². The van der Waals surface area contributed by atoms with Gasteiger partial charge in [-0.15, -0.1) is 0 Å². The summed E-state index contributed by atoms with van der Waals surface area (Å²) in [5.74, 6) is -1.03. The highest BCUT2D eigenvalue weighted by atomic mass is 35.5. The molecular weight excluding hydrogens is 301 g/mol. The number of nitrogens with zero attached hydrogens (tertiary/aromatic N) is 1. The van der Waals surface area contributed by atoms with E-state index in [1.54, 1.807) is 6.07 Å². The molecule has 0 unspecified atom stereocenters. The van der Waals surface area contributed by atoms with E-state index in [2.05, 4.69) is 0 Å². The lowest BCUT2D eigenvalue weighted by molar-refractivity contribution is 0.594. The third-order valence-electron chi connectivity index (χ3n) is 2.69. The molecule has 102 valence electrons. The second-order valence-corrected chi connectivity index (χ2v) is 6.56. The number of rotatable bonds is 3. The highest BCUT2D eigenvalue weighted by Crippen LogP contribution is 2.22. The van der Waals surface area contributed by atoms with Crippen LogP contribution in [0.3, 0.4) is 0 Å². The van der Waals surface area contributed by atoms with E-state index in [1.165, 1.54) is 24.3 Å². The average Bonchev–Trinajstić information content (AvgIpc) is 2.38. The maximum absolute atomic E-state index is 13.2. The quantitative estimate of drug-likeness (QED) is 0.874. The van der Waals surface area contributed by atoms with Crippen molar-refractivity contribution in [2.75, 3.05) is 0 Å². The molecule has 0 saturated heterocycles. The first-order chi connectivity index (χ1) is 9.42. The van der Waals surface area contributed by atoms with Crippen LogP contribution in [0.5, 0.6) is 0 Å². The summed E-state index contributed by atoms with van der Waals surface area (Å²) in [5.41, 5.74) is 0.268. The van der Waals surface area contributed by atoms with E-state index in [-0.39, 0.29) is 16.0 Å². The van der Waals surface area contributed by atoms with Crippen molar-refractivity contribution in [3.63, 3.8) is 0 Å². The van der Waals surface area contributed by atoms with Gasteiger partial charge in [0.2, 0.25) is 0 Å². The van der Waals surface area contributed by atoms with Crippen molar-refractivity contribution >= 4 is 21.4 Å². The summed E-state index contributed by atoms with van der Waals surface area (Å²) in [5, 5.41) is 9.23. The van der Waals surface area contributed by atoms with Crippen molar-refractivity contribution in [2.24, 2.45) is 0 Å². The highest BCUT2D eigenvalue weighted by molar-refractivity contribution is 7.90. The molecule has 0 aliphatic rings. The third kappa shape index (κ3) is 3.16. The molecule has 0 spiro atoms. The zero-order valence-electron chi connectivity index (χ0n) is 10.2. The van der Waals surface area contributed by atoms with Crippen molar-refractivity contribution < 1.29 is 12.8 Å². The molecule has 0 radical (unpaired) electrons. The van der Waals surface area contributed by atoms with E-state index in [0.717, 1.165) is 12.1 Å². The number of hydrogen-bond donors (Lipinski definition) is 0. The molecule has 0 aliphatic carbocycles. The molecule has 0 amide bonds. The lowest BCUT2D eigenvalue weighted by Crippen LogP contribution is -2.06. The number of halogens is 2. The van der Waals surface area contributed by atoms with Gasteiger partial charge in [-0.2, -0.15) is 5.26 Å². The molecule has 6 heteroatoms. The summed E-state index contributed by atoms with van der Waals surface area (Å²) in [6.45, 7) is 0. The minimum Gasteiger partial charge on any atom is -0.223 e. The van der Waals surface area contributed by atoms with Crippen LogP contribution in [0.4, 0.5) is 4.39 Å². The first kappa shape index (κ1) is 14.5. The van der Waals surface area contributed by atoms with Gasteiger partial charge in [0.25, 0.3) is 0 Å². The van der Waals surface area contributed by atoms with Crippen molar-refractivity contribution in [3.8, 4) is 6.07 Å². The van der Waals surface area contributed by atoms with Crippen LogP contribution in [0.2, 0.25) is 5.02 Å². The first-order valence-electron chi connectivity index (χ1n) is 5.59. The Morgan fingerprint density at radius 1 is 1.20 bits per heavy atom. The monoisotopic (exact) mass is 309 g/mol. The fraction of sp³-hybridized carbons (Fsp3) is 0.0714. The number of hydrogen-bond acceptors (Lipinski definition) is 3. The summed E-state index contributed by atoms with van der Waals surface area (Å²) in [6.07, 6.45) is 0. The Morgan fingerprint density at radius 2 is 1.95 bits per heavy atom. The van der Waals surface area contributed by atoms with Crippen LogP contribution in [-0.4, -0.2) is 8.42 Å². The van der Waals surface area contributed by atoms with Gasteiger partial charge >= 0.3 is 0 Å². The summed E-state index contributed by atoms with van der Waals surface area (Å²) < 4.78 is 37.7. The molecular formula is C14H9ClFNO2S. The number of benzene rings is 2. The molecule has 0 aromatic heterocycles. The first-order valence-corrected chi connectivity index (χ1v) is 7.62. The average molecular weight is 310 g/mol. The number of sulfone groups is 1. The van der Waals surface area contributed by atoms with Gasteiger partial charge in [-0.3, -0.25) is 0 Å². The van der Waals surface area contributed by atoms with Crippen molar-refractivity contribution in [1.82, 2.24) is 0 Å². The van der Waals surface area contributed by atoms with E-state index in [9.17, 15) is 12.8 Å². The van der Waals surface area contributed by atoms with Gasteiger partial charge in [0.1, 0.15) is 5.82 Å². The summed E-state index contributed by atoms with van der Waals surface area (Å²) in [7, 11) is -3.69. The van der Waals surface area contributed by atoms with Gasteiger partial charge in [0, 0.05) is 5.02 Å². The van der Waals surface area contributed by atoms with Crippen LogP contribution in [0.1, 0.15) is 11.1 Å². The Kier molecular flexibility index (Phi) is 4.07. The van der Waals surface area contributed by atoms with Gasteiger partial charge in [0.15, 0.2) is 9.84 Å². The Bertz CT molecular complexity index is 797. The summed E-state index contributed by atoms with van der Waals surface area (Å²) in [6, 6.07) is 11.1. The van der Waals surface area contributed by atoms with Gasteiger partial charge in [-0.05, 0) is 42.0 Å². The Hall–Kier alpha value is -1.90. The molecule has 3 nitrogen and oxygen atoms in total. The zero-order chi connectivity index (χ0) is 14.8. The molecule has 0 saturated carbocycles. The van der Waals surface area contributed by atoms with Crippen LogP contribution >= 0.6 is 11.6 Å². The smallest absolute Gasteiger partial charge is 0.182 e. The second kappa shape index (κ2) is 5.61. The summed E-state index contributed by atoms with van der Waals surface area (Å²) in [4.78, 5) is 0.0400. The van der Waals surface area contributed by atoms with E-state index in [0.29, 0.717) is 5.02 Å². The van der Waals surface area contributed by atoms with Gasteiger partial charge < -0.3 is 0 Å². The van der Waals surface area contributed by atoms with Gasteiger partial charge in [-0.25, -0.2) is 12.8 Å². The van der Waals surface area contributed by atoms with Crippen LogP contribution < -0.4 is 0 Å². The molecule has 20 heavy (non-hydrogen) atoms. The second-order valence-electron chi connectivity index (χ2n) is 4.13. The zero-order valence-corrected chi connectivity index (χ0v) is 11.7. The van der Waals surface area contributed by atoms with Crippen LogP contribution in [-0.2, 0) is 15.6 Å². The molecule has 0 N–H and O–H groups in total. The molecule has 0 heterocycles. The standard InChI is InChI=1S/C14H9ClFNO2S/c15-12-2-1-3-14(7-12)20(18,19)9-11-6-13(16)5-4-10(11)8-17/h1-7H,9H2. The fourth-order valence-corrected chi connectivity index (χ4v) is 3.40. The molecule has 0 atom stereocenters. The molecule has 2 aromatic carbocycles. The molecule has 0 aliphatic heterocycles. The van der Waals surface area contributed by atoms with Crippen molar-refractivity contribution in [3.05, 3.63) is 64.4 Å². The van der Waals surface area contributed by atoms with Crippen molar-refractivity contribution in [2.45, 2.75) is 10.6 Å². The molecule has 2 aromatic rings.